The van der Waals surface area contributed by atoms with Crippen molar-refractivity contribution in [3.63, 3.8) is 0 Å². The average Bonchev–Trinajstić information content (AvgIpc) is 0.722. The van der Waals surface area contributed by atoms with Crippen LogP contribution in [0.5, 0.6) is 0 Å². The molecule has 0 aromatic carbocycles. The third-order valence-electron chi connectivity index (χ3n) is 0. The van der Waals surface area contributed by atoms with Crippen molar-refractivity contribution in [2.45, 2.75) is 19.6 Å². The van der Waals surface area contributed by atoms with E-state index in [4.69, 9.17) is 4.80 Å². The summed E-state index contributed by atoms with van der Waals surface area (Å²) in [5.74, 6) is 0. The third kappa shape index (κ3) is 761. The van der Waals surface area contributed by atoms with Crippen molar-refractivity contribution in [2.24, 2.45) is 0 Å². The van der Waals surface area contributed by atoms with Crippen LogP contribution in [0.15, 0.2) is 0 Å². The van der Waals surface area contributed by atoms with Crippen molar-refractivity contribution in [3.05, 3.63) is 0 Å². The molecule has 0 bridgehead atoms. The van der Waals surface area contributed by atoms with Crippen LogP contribution in [0.2, 0.25) is 19.6 Å². The van der Waals surface area contributed by atoms with Crippen LogP contribution in [0.25, 0.3) is 0 Å². The topological polar surface area (TPSA) is 115 Å². The summed E-state index contributed by atoms with van der Waals surface area (Å²) in [6, 6.07) is 0. The maximum atomic E-state index is 8.66. The second-order valence-electron chi connectivity index (χ2n) is 2.17. The minimum atomic E-state index is -1.61. The van der Waals surface area contributed by atoms with Crippen LogP contribution in [0.3, 0.4) is 0 Å². The molecule has 0 atom stereocenters. The normalized spacial score (nSPS) is 6.67. The molecule has 0 heterocycles. The molecule has 0 amide bonds. The molecule has 0 aliphatic carbocycles. The first-order chi connectivity index (χ1) is 2.00. The van der Waals surface area contributed by atoms with E-state index in [0.29, 0.717) is 0 Å². The van der Waals surface area contributed by atoms with Gasteiger partial charge >= 0.3 is 0 Å². The summed E-state index contributed by atoms with van der Waals surface area (Å²) in [6.07, 6.45) is 0. The molecule has 9 heavy (non-hydrogen) atoms. The summed E-state index contributed by atoms with van der Waals surface area (Å²) >= 11 is 0. The van der Waals surface area contributed by atoms with Crippen LogP contribution in [0.1, 0.15) is 0 Å². The van der Waals surface area contributed by atoms with Gasteiger partial charge in [0, 0.05) is 20.4 Å². The maximum Gasteiger partial charge on any atom is 0.179 e. The van der Waals surface area contributed by atoms with Crippen molar-refractivity contribution in [1.82, 2.24) is 0 Å². The third-order valence-corrected chi connectivity index (χ3v) is 0. The predicted molar refractivity (Wildman–Crippen MR) is 36.4 cm³/mol. The molecule has 0 spiro atoms. The summed E-state index contributed by atoms with van der Waals surface area (Å²) in [4.78, 5) is 8.66. The van der Waals surface area contributed by atoms with Crippen LogP contribution in [0.4, 0.5) is 0 Å². The van der Waals surface area contributed by atoms with Crippen molar-refractivity contribution in [3.8, 4) is 0 Å². The fourth-order valence-corrected chi connectivity index (χ4v) is 0. The van der Waals surface area contributed by atoms with Gasteiger partial charge in [-0.05, 0) is 19.6 Å². The summed E-state index contributed by atoms with van der Waals surface area (Å²) in [5, 5.41) is 0. The van der Waals surface area contributed by atoms with Gasteiger partial charge in [0.1, 0.15) is 0 Å². The minimum absolute atomic E-state index is 0. The predicted octanol–water partition coefficient (Wildman–Crippen LogP) is -1.66. The van der Waals surface area contributed by atoms with Gasteiger partial charge in [-0.15, -0.1) is 0 Å². The molecule has 0 aromatic rings. The zero-order chi connectivity index (χ0) is 4.50. The summed E-state index contributed by atoms with van der Waals surface area (Å²) in [5.41, 5.74) is 0. The van der Waals surface area contributed by atoms with E-state index in [-0.39, 0.29) is 36.9 Å². The van der Waals surface area contributed by atoms with E-state index in [1.54, 1.807) is 0 Å². The second kappa shape index (κ2) is 11.5. The Morgan fingerprint density at radius 3 is 0.889 bits per heavy atom. The zero-order valence-electron chi connectivity index (χ0n) is 5.83. The van der Waals surface area contributed by atoms with Gasteiger partial charge in [0.25, 0.3) is 0 Å². The molecule has 7 N–H and O–H groups in total. The molecule has 0 saturated heterocycles. The molecule has 0 aliphatic rings. The second-order valence-corrected chi connectivity index (χ2v) is 6.51. The van der Waals surface area contributed by atoms with E-state index in [9.17, 15) is 0 Å². The Morgan fingerprint density at radius 2 is 0.889 bits per heavy atom. The Bertz CT molecular complexity index is 31.3. The fraction of sp³-hybridized carbons (Fsp3) is 1.00. The quantitative estimate of drug-likeness (QED) is 0.526. The van der Waals surface area contributed by atoms with Gasteiger partial charge < -0.3 is 21.2 Å². The average molecular weight is 330 g/mol. The Hall–Kier alpha value is 0.719. The van der Waals surface area contributed by atoms with E-state index >= 15 is 0 Å². The van der Waals surface area contributed by atoms with Crippen LogP contribution >= 0.6 is 0 Å². The van der Waals surface area contributed by atoms with Gasteiger partial charge in [-0.2, -0.15) is 0 Å². The Labute approximate surface area is 70.0 Å². The van der Waals surface area contributed by atoms with Gasteiger partial charge in [-0.1, -0.05) is 0 Å². The zero-order valence-corrected chi connectivity index (χ0v) is 9.54. The molecule has 4 nitrogen and oxygen atoms in total. The molecule has 0 aromatic heterocycles. The van der Waals surface area contributed by atoms with E-state index in [2.05, 4.69) is 0 Å². The maximum absolute atomic E-state index is 8.66. The number of rotatable bonds is 0. The summed E-state index contributed by atoms with van der Waals surface area (Å²) < 4.78 is 0. The van der Waals surface area contributed by atoms with Gasteiger partial charge in [0.05, 0.1) is 0 Å². The van der Waals surface area contributed by atoms with E-state index < -0.39 is 8.32 Å². The van der Waals surface area contributed by atoms with Crippen LogP contribution < -0.4 is 0 Å². The van der Waals surface area contributed by atoms with Crippen LogP contribution in [-0.2, 0) is 20.4 Å². The molecule has 0 aliphatic heterocycles. The monoisotopic (exact) mass is 331 g/mol. The Kier molecular flexibility index (Phi) is 42.4. The smallest absolute Gasteiger partial charge is 0.179 e. The first kappa shape index (κ1) is 33.2. The van der Waals surface area contributed by atoms with Crippen molar-refractivity contribution in [1.29, 1.82) is 0 Å². The Morgan fingerprint density at radius 1 is 0.889 bits per heavy atom. The van der Waals surface area contributed by atoms with Gasteiger partial charge in [-0.3, -0.25) is 0 Å². The van der Waals surface area contributed by atoms with Gasteiger partial charge in [0.15, 0.2) is 8.32 Å². The molecule has 6 heteroatoms. The number of hydrogen-bond donors (Lipinski definition) is 1. The molecule has 0 unspecified atom stereocenters. The van der Waals surface area contributed by atoms with Gasteiger partial charge in [-0.25, -0.2) is 0 Å². The minimum Gasteiger partial charge on any atom is -0.433 e. The molecule has 63 valence electrons. The van der Waals surface area contributed by atoms with E-state index in [1.165, 1.54) is 0 Å². The van der Waals surface area contributed by atoms with Crippen LogP contribution in [-0.4, -0.2) is 29.5 Å². The van der Waals surface area contributed by atoms with Crippen molar-refractivity contribution in [2.75, 3.05) is 0 Å². The number of hydrogen-bond acceptors (Lipinski definition) is 1. The first-order valence-electron chi connectivity index (χ1n) is 1.72. The van der Waals surface area contributed by atoms with E-state index in [1.807, 2.05) is 19.6 Å². The van der Waals surface area contributed by atoms with Crippen molar-refractivity contribution >= 4 is 8.32 Å². The first-order valence-corrected chi connectivity index (χ1v) is 5.17. The largest absolute Gasteiger partial charge is 0.433 e. The van der Waals surface area contributed by atoms with E-state index in [0.717, 1.165) is 0 Å². The standard InChI is InChI=1S/C3H10OSi.3H2O.Re/c1-5(2,3)4;;;;/h4H,1-3H3;3*1H2;. The van der Waals surface area contributed by atoms with Crippen molar-refractivity contribution < 1.29 is 41.6 Å². The Balaban J connectivity index is -0.0000000133. The molecule has 0 saturated carbocycles. The molecular formula is C3H16O4ReSi. The molecule has 0 rings (SSSR count). The van der Waals surface area contributed by atoms with Crippen LogP contribution in [0, 0.1) is 0 Å². The fourth-order valence-electron chi connectivity index (χ4n) is 0. The molecular weight excluding hydrogens is 314 g/mol. The SMILES string of the molecule is C[Si](C)(C)O.O.O.O.[Re]. The summed E-state index contributed by atoms with van der Waals surface area (Å²) in [7, 11) is -1.61. The summed E-state index contributed by atoms with van der Waals surface area (Å²) in [6.45, 7) is 5.65. The molecule has 1 radical (unpaired) electrons. The van der Waals surface area contributed by atoms with Gasteiger partial charge in [0.2, 0.25) is 0 Å². The molecule has 0 fully saturated rings.